The van der Waals surface area contributed by atoms with Crippen LogP contribution in [-0.4, -0.2) is 20.4 Å². The van der Waals surface area contributed by atoms with Crippen LogP contribution in [-0.2, 0) is 17.8 Å². The average Bonchev–Trinajstić information content (AvgIpc) is 2.57. The SMILES string of the molecule is COCOc1ccccc1CCN.c1cc2ccc1CO2. The van der Waals surface area contributed by atoms with Crippen LogP contribution in [0, 0.1) is 0 Å². The maximum atomic E-state index is 5.47. The zero-order chi connectivity index (χ0) is 14.9. The van der Waals surface area contributed by atoms with Crippen LogP contribution in [0.15, 0.2) is 48.5 Å². The molecule has 0 spiro atoms. The van der Waals surface area contributed by atoms with E-state index in [0.29, 0.717) is 6.54 Å². The molecule has 2 aliphatic rings. The molecule has 2 aliphatic heterocycles. The molecule has 2 bridgehead atoms. The van der Waals surface area contributed by atoms with Gasteiger partial charge in [-0.05, 0) is 42.3 Å². The van der Waals surface area contributed by atoms with Crippen molar-refractivity contribution in [3.05, 3.63) is 59.7 Å². The molecule has 0 unspecified atom stereocenters. The Morgan fingerprint density at radius 3 is 2.33 bits per heavy atom. The van der Waals surface area contributed by atoms with Gasteiger partial charge in [0.05, 0.1) is 0 Å². The molecule has 2 heterocycles. The highest BCUT2D eigenvalue weighted by Crippen LogP contribution is 2.19. The molecule has 21 heavy (non-hydrogen) atoms. The lowest BCUT2D eigenvalue weighted by Crippen LogP contribution is -2.06. The van der Waals surface area contributed by atoms with Gasteiger partial charge in [0.1, 0.15) is 18.1 Å². The molecule has 2 aromatic rings. The van der Waals surface area contributed by atoms with Crippen molar-refractivity contribution in [1.29, 1.82) is 0 Å². The van der Waals surface area contributed by atoms with E-state index in [1.54, 1.807) is 7.11 Å². The Labute approximate surface area is 125 Å². The summed E-state index contributed by atoms with van der Waals surface area (Å²) in [6, 6.07) is 16.0. The van der Waals surface area contributed by atoms with E-state index in [4.69, 9.17) is 19.9 Å². The molecule has 0 aliphatic carbocycles. The number of methoxy groups -OCH3 is 1. The van der Waals surface area contributed by atoms with E-state index in [9.17, 15) is 0 Å². The van der Waals surface area contributed by atoms with Gasteiger partial charge in [-0.15, -0.1) is 0 Å². The number of hydrogen-bond donors (Lipinski definition) is 1. The minimum absolute atomic E-state index is 0.279. The summed E-state index contributed by atoms with van der Waals surface area (Å²) >= 11 is 0. The number of benzene rings is 2. The monoisotopic (exact) mass is 287 g/mol. The third-order valence-corrected chi connectivity index (χ3v) is 3.05. The molecule has 0 radical (unpaired) electrons. The minimum Gasteiger partial charge on any atom is -0.489 e. The Morgan fingerprint density at radius 1 is 1.10 bits per heavy atom. The molecule has 4 nitrogen and oxygen atoms in total. The molecule has 0 atom stereocenters. The van der Waals surface area contributed by atoms with Crippen LogP contribution in [0.3, 0.4) is 0 Å². The second-order valence-corrected chi connectivity index (χ2v) is 4.63. The topological polar surface area (TPSA) is 53.7 Å². The summed E-state index contributed by atoms with van der Waals surface area (Å²) in [5, 5.41) is 0. The van der Waals surface area contributed by atoms with Gasteiger partial charge in [-0.1, -0.05) is 30.3 Å². The number of ether oxygens (including phenoxy) is 3. The highest BCUT2D eigenvalue weighted by atomic mass is 16.7. The Morgan fingerprint density at radius 2 is 1.86 bits per heavy atom. The van der Waals surface area contributed by atoms with Gasteiger partial charge in [-0.25, -0.2) is 0 Å². The van der Waals surface area contributed by atoms with Crippen molar-refractivity contribution in [3.63, 3.8) is 0 Å². The van der Waals surface area contributed by atoms with E-state index >= 15 is 0 Å². The van der Waals surface area contributed by atoms with Gasteiger partial charge in [-0.2, -0.15) is 0 Å². The van der Waals surface area contributed by atoms with Gasteiger partial charge in [-0.3, -0.25) is 0 Å². The normalized spacial score (nSPS) is 11.3. The quantitative estimate of drug-likeness (QED) is 0.859. The van der Waals surface area contributed by atoms with Crippen molar-refractivity contribution in [3.8, 4) is 11.5 Å². The molecule has 4 rings (SSSR count). The van der Waals surface area contributed by atoms with Crippen molar-refractivity contribution >= 4 is 0 Å². The van der Waals surface area contributed by atoms with Crippen molar-refractivity contribution in [2.24, 2.45) is 5.73 Å². The first-order valence-corrected chi connectivity index (χ1v) is 6.95. The summed E-state index contributed by atoms with van der Waals surface area (Å²) in [4.78, 5) is 0. The largest absolute Gasteiger partial charge is 0.489 e. The fourth-order valence-electron chi connectivity index (χ4n) is 1.98. The van der Waals surface area contributed by atoms with Gasteiger partial charge in [0.25, 0.3) is 0 Å². The molecular weight excluding hydrogens is 266 g/mol. The van der Waals surface area contributed by atoms with Gasteiger partial charge in [0, 0.05) is 7.11 Å². The van der Waals surface area contributed by atoms with Gasteiger partial charge >= 0.3 is 0 Å². The fraction of sp³-hybridized carbons (Fsp3) is 0.294. The van der Waals surface area contributed by atoms with Gasteiger partial charge in [0.15, 0.2) is 6.79 Å². The highest BCUT2D eigenvalue weighted by molar-refractivity contribution is 5.33. The smallest absolute Gasteiger partial charge is 0.188 e. The predicted octanol–water partition coefficient (Wildman–Crippen LogP) is 2.75. The molecule has 0 saturated heterocycles. The van der Waals surface area contributed by atoms with Crippen LogP contribution in [0.4, 0.5) is 0 Å². The van der Waals surface area contributed by atoms with Crippen molar-refractivity contribution < 1.29 is 14.2 Å². The van der Waals surface area contributed by atoms with E-state index in [1.807, 2.05) is 36.4 Å². The summed E-state index contributed by atoms with van der Waals surface area (Å²) in [5.41, 5.74) is 7.86. The van der Waals surface area contributed by atoms with E-state index in [-0.39, 0.29) is 6.79 Å². The van der Waals surface area contributed by atoms with Crippen LogP contribution in [0.2, 0.25) is 0 Å². The minimum atomic E-state index is 0.279. The Hall–Kier alpha value is -2.04. The lowest BCUT2D eigenvalue weighted by atomic mass is 10.1. The summed E-state index contributed by atoms with van der Waals surface area (Å²) in [6.07, 6.45) is 0.833. The van der Waals surface area contributed by atoms with Crippen LogP contribution in [0.1, 0.15) is 11.1 Å². The number of nitrogens with two attached hydrogens (primary N) is 1. The van der Waals surface area contributed by atoms with Crippen LogP contribution in [0.25, 0.3) is 0 Å². The zero-order valence-corrected chi connectivity index (χ0v) is 12.2. The van der Waals surface area contributed by atoms with E-state index in [1.165, 1.54) is 5.56 Å². The zero-order valence-electron chi connectivity index (χ0n) is 12.2. The summed E-state index contributed by atoms with van der Waals surface area (Å²) < 4.78 is 15.4. The number of rotatable bonds is 5. The molecule has 112 valence electrons. The molecule has 0 saturated carbocycles. The molecular formula is C17H21NO3. The molecule has 0 fully saturated rings. The van der Waals surface area contributed by atoms with Crippen LogP contribution >= 0.6 is 0 Å². The summed E-state index contributed by atoms with van der Waals surface area (Å²) in [6.45, 7) is 1.68. The van der Waals surface area contributed by atoms with Gasteiger partial charge in [0.2, 0.25) is 0 Å². The van der Waals surface area contributed by atoms with Gasteiger partial charge < -0.3 is 19.9 Å². The fourth-order valence-corrected chi connectivity index (χ4v) is 1.98. The third kappa shape index (κ3) is 4.77. The van der Waals surface area contributed by atoms with Crippen molar-refractivity contribution in [2.45, 2.75) is 13.0 Å². The van der Waals surface area contributed by atoms with Crippen LogP contribution < -0.4 is 15.2 Å². The molecule has 4 heteroatoms. The lowest BCUT2D eigenvalue weighted by molar-refractivity contribution is 0.0504. The van der Waals surface area contributed by atoms with E-state index < -0.39 is 0 Å². The first-order chi connectivity index (χ1) is 10.3. The number of hydrogen-bond acceptors (Lipinski definition) is 4. The average molecular weight is 287 g/mol. The molecule has 2 N–H and O–H groups in total. The van der Waals surface area contributed by atoms with E-state index in [0.717, 1.165) is 30.1 Å². The first-order valence-electron chi connectivity index (χ1n) is 6.95. The number of para-hydroxylation sites is 1. The van der Waals surface area contributed by atoms with Crippen LogP contribution in [0.5, 0.6) is 11.5 Å². The Kier molecular flexibility index (Phi) is 6.06. The second-order valence-electron chi connectivity index (χ2n) is 4.63. The first kappa shape index (κ1) is 15.4. The summed E-state index contributed by atoms with van der Waals surface area (Å²) in [5.74, 6) is 1.84. The standard InChI is InChI=1S/C10H15NO2.C7H6O/c1-12-8-13-10-5-3-2-4-9(10)6-7-11;1-3-7-4-2-6(1)5-8-7/h2-5H,6-8,11H2,1H3;1-4H,5H2. The molecule has 0 aromatic heterocycles. The predicted molar refractivity (Wildman–Crippen MR) is 82.5 cm³/mol. The van der Waals surface area contributed by atoms with Crippen molar-refractivity contribution in [2.75, 3.05) is 20.4 Å². The Bertz CT molecular complexity index is 517. The number of fused-ring (bicyclic) bond motifs is 3. The molecule has 0 amide bonds. The molecule has 2 aromatic carbocycles. The highest BCUT2D eigenvalue weighted by Gasteiger charge is 2.01. The second kappa shape index (κ2) is 8.29. The maximum Gasteiger partial charge on any atom is 0.188 e. The summed E-state index contributed by atoms with van der Waals surface area (Å²) in [7, 11) is 1.60. The maximum absolute atomic E-state index is 5.47. The Balaban J connectivity index is 0.000000170. The third-order valence-electron chi connectivity index (χ3n) is 3.05. The lowest BCUT2D eigenvalue weighted by Gasteiger charge is -2.11. The van der Waals surface area contributed by atoms with E-state index in [2.05, 4.69) is 12.1 Å². The van der Waals surface area contributed by atoms with Crippen molar-refractivity contribution in [1.82, 2.24) is 0 Å².